The summed E-state index contributed by atoms with van der Waals surface area (Å²) >= 11 is 0. The number of hydrogen-bond donors (Lipinski definition) is 0. The Kier molecular flexibility index (Phi) is 10.6. The molecule has 0 radical (unpaired) electrons. The van der Waals surface area contributed by atoms with E-state index in [-0.39, 0.29) is 0 Å². The van der Waals surface area contributed by atoms with Gasteiger partial charge in [-0.25, -0.2) is 19.9 Å². The summed E-state index contributed by atoms with van der Waals surface area (Å²) in [7, 11) is 0. The first-order valence-corrected chi connectivity index (χ1v) is 23.4. The minimum Gasteiger partial charge on any atom is -0.308 e. The molecule has 3 heterocycles. The summed E-state index contributed by atoms with van der Waals surface area (Å²) < 4.78 is 2.42. The third kappa shape index (κ3) is 8.06. The van der Waals surface area contributed by atoms with E-state index < -0.39 is 0 Å². The van der Waals surface area contributed by atoms with Gasteiger partial charge in [-0.15, -0.1) is 0 Å². The minimum absolute atomic E-state index is 0.604. The van der Waals surface area contributed by atoms with Crippen molar-refractivity contribution in [1.29, 1.82) is 0 Å². The van der Waals surface area contributed by atoms with Crippen LogP contribution in [-0.4, -0.2) is 24.5 Å². The SMILES string of the molecule is Cc1ccc(-c2ccc3c4ccc(-c5ccc(C)cc5)cc4n(-c4ccc(-c5cc(-c6ccccc6)nc(-c6ccccc6)n5)cc4-c4nc(-c5ccccc5)cc(-c5ccccc5)n4)c3c2)cc1. The van der Waals surface area contributed by atoms with E-state index in [2.05, 4.69) is 206 Å². The van der Waals surface area contributed by atoms with Gasteiger partial charge in [0.2, 0.25) is 0 Å². The first-order valence-electron chi connectivity index (χ1n) is 23.4. The van der Waals surface area contributed by atoms with E-state index >= 15 is 0 Å². The Bertz CT molecular complexity index is 3590. The third-order valence-electron chi connectivity index (χ3n) is 13.0. The predicted molar refractivity (Wildman–Crippen MR) is 285 cm³/mol. The molecule has 5 nitrogen and oxygen atoms in total. The second-order valence-corrected chi connectivity index (χ2v) is 17.7. The summed E-state index contributed by atoms with van der Waals surface area (Å²) in [6.45, 7) is 4.26. The monoisotopic (exact) mass is 883 g/mol. The average molecular weight is 884 g/mol. The van der Waals surface area contributed by atoms with Crippen molar-refractivity contribution in [3.8, 4) is 95.7 Å². The topological polar surface area (TPSA) is 56.5 Å². The fraction of sp³-hybridized carbons (Fsp3) is 0.0312. The fourth-order valence-electron chi connectivity index (χ4n) is 9.35. The molecule has 0 unspecified atom stereocenters. The van der Waals surface area contributed by atoms with Crippen LogP contribution < -0.4 is 0 Å². The van der Waals surface area contributed by atoms with Crippen LogP contribution in [0, 0.1) is 13.8 Å². The van der Waals surface area contributed by atoms with Crippen LogP contribution in [0.2, 0.25) is 0 Å². The molecule has 326 valence electrons. The largest absolute Gasteiger partial charge is 0.308 e. The van der Waals surface area contributed by atoms with Crippen molar-refractivity contribution in [2.75, 3.05) is 0 Å². The van der Waals surface area contributed by atoms with Crippen molar-refractivity contribution in [2.24, 2.45) is 0 Å². The molecule has 0 bridgehead atoms. The van der Waals surface area contributed by atoms with Crippen molar-refractivity contribution < 1.29 is 0 Å². The highest BCUT2D eigenvalue weighted by Gasteiger charge is 2.22. The smallest absolute Gasteiger partial charge is 0.162 e. The molecule has 0 aliphatic carbocycles. The van der Waals surface area contributed by atoms with E-state index in [1.54, 1.807) is 0 Å². The number of rotatable bonds is 9. The van der Waals surface area contributed by atoms with Gasteiger partial charge in [0.25, 0.3) is 0 Å². The van der Waals surface area contributed by atoms with Gasteiger partial charge in [-0.05, 0) is 72.5 Å². The van der Waals surface area contributed by atoms with E-state index in [4.69, 9.17) is 19.9 Å². The third-order valence-corrected chi connectivity index (χ3v) is 13.0. The fourth-order valence-corrected chi connectivity index (χ4v) is 9.35. The maximum Gasteiger partial charge on any atom is 0.162 e. The highest BCUT2D eigenvalue weighted by atomic mass is 15.0. The summed E-state index contributed by atoms with van der Waals surface area (Å²) in [5.74, 6) is 1.26. The van der Waals surface area contributed by atoms with Crippen molar-refractivity contribution in [3.63, 3.8) is 0 Å². The lowest BCUT2D eigenvalue weighted by atomic mass is 10.0. The van der Waals surface area contributed by atoms with Gasteiger partial charge in [0, 0.05) is 44.2 Å². The van der Waals surface area contributed by atoms with E-state index in [9.17, 15) is 0 Å². The molecule has 0 saturated carbocycles. The van der Waals surface area contributed by atoms with E-state index in [0.29, 0.717) is 11.6 Å². The van der Waals surface area contributed by atoms with Crippen LogP contribution >= 0.6 is 0 Å². The highest BCUT2D eigenvalue weighted by Crippen LogP contribution is 2.41. The van der Waals surface area contributed by atoms with Gasteiger partial charge in [0.1, 0.15) is 0 Å². The number of fused-ring (bicyclic) bond motifs is 3. The van der Waals surface area contributed by atoms with Crippen LogP contribution in [0.3, 0.4) is 0 Å². The van der Waals surface area contributed by atoms with E-state index in [1.165, 1.54) is 11.1 Å². The molecule has 0 spiro atoms. The molecular weight excluding hydrogens is 839 g/mol. The zero-order valence-electron chi connectivity index (χ0n) is 38.3. The Morgan fingerprint density at radius 1 is 0.275 bits per heavy atom. The lowest BCUT2D eigenvalue weighted by Crippen LogP contribution is -2.03. The van der Waals surface area contributed by atoms with Crippen LogP contribution in [-0.2, 0) is 0 Å². The Morgan fingerprint density at radius 3 is 1.07 bits per heavy atom. The number of hydrogen-bond acceptors (Lipinski definition) is 4. The molecule has 0 fully saturated rings. The first-order chi connectivity index (χ1) is 34.0. The molecule has 0 atom stereocenters. The van der Waals surface area contributed by atoms with Gasteiger partial charge >= 0.3 is 0 Å². The van der Waals surface area contributed by atoms with Crippen LogP contribution in [0.5, 0.6) is 0 Å². The summed E-state index contributed by atoms with van der Waals surface area (Å²) in [4.78, 5) is 21.4. The van der Waals surface area contributed by atoms with Crippen molar-refractivity contribution in [3.05, 3.63) is 248 Å². The average Bonchev–Trinajstić information content (AvgIpc) is 3.74. The molecule has 9 aromatic carbocycles. The quantitative estimate of drug-likeness (QED) is 0.145. The molecule has 69 heavy (non-hydrogen) atoms. The number of aromatic nitrogens is 5. The second-order valence-electron chi connectivity index (χ2n) is 17.7. The summed E-state index contributed by atoms with van der Waals surface area (Å²) in [6.07, 6.45) is 0. The van der Waals surface area contributed by atoms with Crippen LogP contribution in [0.1, 0.15) is 11.1 Å². The molecule has 0 N–H and O–H groups in total. The molecule has 3 aromatic heterocycles. The Hall–Kier alpha value is -9.06. The molecule has 0 aliphatic rings. The van der Waals surface area contributed by atoms with Gasteiger partial charge in [0.15, 0.2) is 11.6 Å². The standard InChI is InChI=1S/C64H45N5/c1-42-23-27-44(28-24-42)50-31-34-53-54-35-32-51(45-29-25-43(2)26-30-45)39-62(54)69(61(53)38-50)60-36-33-52(59-41-56(46-15-7-3-8-16-46)65-63(66-59)49-21-13-6-14-22-49)37-55(60)64-67-57(47-17-9-4-10-18-47)40-58(68-64)48-19-11-5-12-20-48/h3-41H,1-2H3. The Labute approximate surface area is 401 Å². The van der Waals surface area contributed by atoms with Gasteiger partial charge in [-0.2, -0.15) is 0 Å². The summed E-state index contributed by atoms with van der Waals surface area (Å²) in [5.41, 5.74) is 19.2. The number of nitrogens with zero attached hydrogens (tertiary/aromatic N) is 5. The molecule has 0 amide bonds. The zero-order chi connectivity index (χ0) is 46.3. The molecule has 5 heteroatoms. The van der Waals surface area contributed by atoms with Crippen LogP contribution in [0.15, 0.2) is 237 Å². The predicted octanol–water partition coefficient (Wildman–Crippen LogP) is 16.3. The molecule has 0 saturated heterocycles. The maximum absolute atomic E-state index is 5.48. The normalized spacial score (nSPS) is 11.3. The number of aryl methyl sites for hydroxylation is 2. The maximum atomic E-state index is 5.48. The van der Waals surface area contributed by atoms with Crippen LogP contribution in [0.25, 0.3) is 118 Å². The lowest BCUT2D eigenvalue weighted by Gasteiger charge is -2.17. The van der Waals surface area contributed by atoms with Gasteiger partial charge in [-0.3, -0.25) is 0 Å². The Morgan fingerprint density at radius 2 is 0.638 bits per heavy atom. The molecule has 0 aliphatic heterocycles. The van der Waals surface area contributed by atoms with Crippen LogP contribution in [0.4, 0.5) is 0 Å². The zero-order valence-corrected chi connectivity index (χ0v) is 38.3. The van der Waals surface area contributed by atoms with Gasteiger partial charge in [-0.1, -0.05) is 211 Å². The molecule has 12 aromatic rings. The minimum atomic E-state index is 0.604. The lowest BCUT2D eigenvalue weighted by molar-refractivity contribution is 1.13. The van der Waals surface area contributed by atoms with Crippen molar-refractivity contribution in [1.82, 2.24) is 24.5 Å². The van der Waals surface area contributed by atoms with E-state index in [0.717, 1.165) is 106 Å². The summed E-state index contributed by atoms with van der Waals surface area (Å²) in [6, 6.07) is 83.4. The molecular formula is C64H45N5. The van der Waals surface area contributed by atoms with Crippen molar-refractivity contribution >= 4 is 21.8 Å². The van der Waals surface area contributed by atoms with E-state index in [1.807, 2.05) is 48.5 Å². The Balaban J connectivity index is 1.17. The van der Waals surface area contributed by atoms with Crippen molar-refractivity contribution in [2.45, 2.75) is 13.8 Å². The van der Waals surface area contributed by atoms with Gasteiger partial charge in [0.05, 0.1) is 39.5 Å². The van der Waals surface area contributed by atoms with Gasteiger partial charge < -0.3 is 4.57 Å². The summed E-state index contributed by atoms with van der Waals surface area (Å²) in [5, 5.41) is 2.32. The second kappa shape index (κ2) is 17.6. The highest BCUT2D eigenvalue weighted by molar-refractivity contribution is 6.11. The first kappa shape index (κ1) is 41.4. The number of benzene rings is 9. The molecule has 12 rings (SSSR count).